The molecule has 0 saturated carbocycles. The van der Waals surface area contributed by atoms with E-state index in [1.54, 1.807) is 4.40 Å². The topological polar surface area (TPSA) is 55.1 Å². The van der Waals surface area contributed by atoms with E-state index in [9.17, 15) is 4.79 Å². The van der Waals surface area contributed by atoms with Crippen LogP contribution in [0.3, 0.4) is 0 Å². The predicted octanol–water partition coefficient (Wildman–Crippen LogP) is 4.79. The van der Waals surface area contributed by atoms with E-state index in [0.29, 0.717) is 5.35 Å². The second-order valence-electron chi connectivity index (χ2n) is 7.63. The second kappa shape index (κ2) is 7.49. The zero-order valence-electron chi connectivity index (χ0n) is 16.9. The first kappa shape index (κ1) is 19.1. The minimum Gasteiger partial charge on any atom is -0.337 e. The molecule has 0 aliphatic carbocycles. The van der Waals surface area contributed by atoms with Crippen LogP contribution < -0.4 is 10.9 Å². The summed E-state index contributed by atoms with van der Waals surface area (Å²) in [6.07, 6.45) is 3.86. The summed E-state index contributed by atoms with van der Waals surface area (Å²) >= 11 is 2.29. The number of H-pyrrole nitrogens is 1. The van der Waals surface area contributed by atoms with Crippen molar-refractivity contribution < 1.29 is 0 Å². The average molecular weight is 528 g/mol. The highest BCUT2D eigenvalue weighted by Gasteiger charge is 2.13. The second-order valence-corrected chi connectivity index (χ2v) is 8.88. The van der Waals surface area contributed by atoms with Crippen molar-refractivity contribution in [1.82, 2.24) is 19.2 Å². The van der Waals surface area contributed by atoms with E-state index in [4.69, 9.17) is 5.10 Å². The Hall–Kier alpha value is -3.65. The standard InChI is InChI=1S/C26H17IN4O/c27-20-12-10-17(11-13-20)25-19(16-30(29-25)21-7-2-1-3-8-21)14-22-26(32)31-23-9-5-4-6-18(23)15-24(31)28-22/h1-16,28H/b22-14-. The van der Waals surface area contributed by atoms with Crippen molar-refractivity contribution in [2.45, 2.75) is 0 Å². The van der Waals surface area contributed by atoms with E-state index >= 15 is 0 Å². The van der Waals surface area contributed by atoms with Crippen LogP contribution in [0, 0.1) is 3.57 Å². The van der Waals surface area contributed by atoms with Crippen molar-refractivity contribution in [1.29, 1.82) is 0 Å². The van der Waals surface area contributed by atoms with Gasteiger partial charge in [-0.05, 0) is 65.1 Å². The first-order valence-electron chi connectivity index (χ1n) is 10.2. The summed E-state index contributed by atoms with van der Waals surface area (Å²) in [6.45, 7) is 0. The van der Waals surface area contributed by atoms with Crippen molar-refractivity contribution >= 4 is 45.2 Å². The molecule has 154 valence electrons. The lowest BCUT2D eigenvalue weighted by Crippen LogP contribution is -2.25. The molecule has 0 unspecified atom stereocenters. The molecule has 3 aromatic carbocycles. The number of rotatable bonds is 3. The highest BCUT2D eigenvalue weighted by molar-refractivity contribution is 14.1. The molecule has 0 spiro atoms. The summed E-state index contributed by atoms with van der Waals surface area (Å²) in [7, 11) is 0. The third kappa shape index (κ3) is 3.15. The molecular weight excluding hydrogens is 511 g/mol. The lowest BCUT2D eigenvalue weighted by molar-refractivity contribution is 0.884. The van der Waals surface area contributed by atoms with E-state index in [1.165, 1.54) is 0 Å². The number of nitrogens with zero attached hydrogens (tertiary/aromatic N) is 3. The van der Waals surface area contributed by atoms with Gasteiger partial charge in [0.2, 0.25) is 0 Å². The molecule has 0 bridgehead atoms. The van der Waals surface area contributed by atoms with Crippen LogP contribution in [0.5, 0.6) is 0 Å². The molecule has 0 radical (unpaired) electrons. The lowest BCUT2D eigenvalue weighted by Gasteiger charge is -2.00. The van der Waals surface area contributed by atoms with Crippen LogP contribution in [0.15, 0.2) is 95.9 Å². The van der Waals surface area contributed by atoms with Gasteiger partial charge in [-0.1, -0.05) is 48.5 Å². The van der Waals surface area contributed by atoms with Crippen molar-refractivity contribution in [3.8, 4) is 16.9 Å². The number of fused-ring (bicyclic) bond motifs is 3. The van der Waals surface area contributed by atoms with Gasteiger partial charge >= 0.3 is 0 Å². The Morgan fingerprint density at radius 1 is 0.906 bits per heavy atom. The molecule has 3 aromatic heterocycles. The minimum absolute atomic E-state index is 0.0674. The molecule has 32 heavy (non-hydrogen) atoms. The Labute approximate surface area is 196 Å². The van der Waals surface area contributed by atoms with Gasteiger partial charge in [-0.3, -0.25) is 9.20 Å². The molecule has 5 nitrogen and oxygen atoms in total. The fourth-order valence-electron chi connectivity index (χ4n) is 4.07. The molecule has 6 heteroatoms. The van der Waals surface area contributed by atoms with E-state index in [0.717, 1.165) is 42.6 Å². The Kier molecular flexibility index (Phi) is 4.46. The third-order valence-corrected chi connectivity index (χ3v) is 6.31. The maximum atomic E-state index is 13.2. The number of hydrogen-bond acceptors (Lipinski definition) is 2. The monoisotopic (exact) mass is 528 g/mol. The molecule has 0 atom stereocenters. The van der Waals surface area contributed by atoms with Crippen LogP contribution >= 0.6 is 22.6 Å². The Bertz CT molecular complexity index is 1690. The van der Waals surface area contributed by atoms with Gasteiger partial charge in [0, 0.05) is 26.3 Å². The maximum absolute atomic E-state index is 13.2. The molecule has 0 saturated heterocycles. The van der Waals surface area contributed by atoms with E-state index in [-0.39, 0.29) is 5.56 Å². The summed E-state index contributed by atoms with van der Waals surface area (Å²) in [5, 5.41) is 6.43. The molecule has 0 aliphatic rings. The van der Waals surface area contributed by atoms with E-state index in [1.807, 2.05) is 77.6 Å². The SMILES string of the molecule is O=c1/c(=C/c2cn(-c3ccccc3)nc2-c2ccc(I)cc2)[nH]c2cc3ccccc3n12. The lowest BCUT2D eigenvalue weighted by atomic mass is 10.1. The smallest absolute Gasteiger partial charge is 0.280 e. The Morgan fingerprint density at radius 2 is 1.66 bits per heavy atom. The van der Waals surface area contributed by atoms with Crippen LogP contribution in [0.2, 0.25) is 0 Å². The van der Waals surface area contributed by atoms with E-state index in [2.05, 4.69) is 51.8 Å². The fourth-order valence-corrected chi connectivity index (χ4v) is 4.43. The molecule has 1 N–H and O–H groups in total. The number of hydrogen-bond donors (Lipinski definition) is 1. The maximum Gasteiger partial charge on any atom is 0.280 e. The first-order chi connectivity index (χ1) is 15.7. The van der Waals surface area contributed by atoms with Gasteiger partial charge in [0.05, 0.1) is 11.2 Å². The number of nitrogens with one attached hydrogen (secondary N) is 1. The Morgan fingerprint density at radius 3 is 2.47 bits per heavy atom. The predicted molar refractivity (Wildman–Crippen MR) is 136 cm³/mol. The number of imidazole rings is 1. The first-order valence-corrected chi connectivity index (χ1v) is 11.3. The average Bonchev–Trinajstić information content (AvgIpc) is 3.48. The fraction of sp³-hybridized carbons (Fsp3) is 0. The largest absolute Gasteiger partial charge is 0.337 e. The number of aromatic nitrogens is 4. The zero-order valence-corrected chi connectivity index (χ0v) is 19.0. The summed E-state index contributed by atoms with van der Waals surface area (Å²) < 4.78 is 4.75. The molecule has 6 rings (SSSR count). The van der Waals surface area contributed by atoms with Gasteiger partial charge in [-0.25, -0.2) is 4.68 Å². The molecule has 0 amide bonds. The van der Waals surface area contributed by atoms with Crippen LogP contribution in [-0.2, 0) is 0 Å². The van der Waals surface area contributed by atoms with Crippen molar-refractivity contribution in [3.05, 3.63) is 116 Å². The third-order valence-electron chi connectivity index (χ3n) is 5.59. The highest BCUT2D eigenvalue weighted by atomic mass is 127. The summed E-state index contributed by atoms with van der Waals surface area (Å²) in [5.41, 5.74) is 5.29. The summed E-state index contributed by atoms with van der Waals surface area (Å²) in [6, 6.07) is 28.1. The van der Waals surface area contributed by atoms with Crippen molar-refractivity contribution in [2.24, 2.45) is 0 Å². The van der Waals surface area contributed by atoms with Crippen molar-refractivity contribution in [2.75, 3.05) is 0 Å². The summed E-state index contributed by atoms with van der Waals surface area (Å²) in [4.78, 5) is 16.5. The van der Waals surface area contributed by atoms with Gasteiger partial charge in [0.15, 0.2) is 0 Å². The van der Waals surface area contributed by atoms with Crippen LogP contribution in [0.25, 0.3) is 39.6 Å². The number of benzene rings is 3. The van der Waals surface area contributed by atoms with Gasteiger partial charge in [-0.2, -0.15) is 5.10 Å². The van der Waals surface area contributed by atoms with Gasteiger partial charge < -0.3 is 4.98 Å². The Balaban J connectivity index is 1.58. The molecule has 6 aromatic rings. The molecular formula is C26H17IN4O. The zero-order chi connectivity index (χ0) is 21.7. The van der Waals surface area contributed by atoms with Gasteiger partial charge in [0.1, 0.15) is 16.7 Å². The molecule has 3 heterocycles. The minimum atomic E-state index is -0.0674. The molecule has 0 fully saturated rings. The number of aromatic amines is 1. The molecule has 0 aliphatic heterocycles. The summed E-state index contributed by atoms with van der Waals surface area (Å²) in [5.74, 6) is 0. The van der Waals surface area contributed by atoms with Crippen LogP contribution in [0.1, 0.15) is 5.56 Å². The van der Waals surface area contributed by atoms with Gasteiger partial charge in [-0.15, -0.1) is 0 Å². The van der Waals surface area contributed by atoms with E-state index < -0.39 is 0 Å². The number of halogens is 1. The normalized spacial score (nSPS) is 12.2. The highest BCUT2D eigenvalue weighted by Crippen LogP contribution is 2.25. The quantitative estimate of drug-likeness (QED) is 0.336. The van der Waals surface area contributed by atoms with Gasteiger partial charge in [0.25, 0.3) is 5.56 Å². The number of para-hydroxylation sites is 2. The van der Waals surface area contributed by atoms with Crippen molar-refractivity contribution in [3.63, 3.8) is 0 Å². The van der Waals surface area contributed by atoms with Crippen LogP contribution in [0.4, 0.5) is 0 Å². The van der Waals surface area contributed by atoms with Crippen LogP contribution in [-0.4, -0.2) is 19.2 Å².